The monoisotopic (exact) mass is 524 g/mol. The van der Waals surface area contributed by atoms with Crippen molar-refractivity contribution in [3.63, 3.8) is 0 Å². The summed E-state index contributed by atoms with van der Waals surface area (Å²) < 4.78 is 32.2. The number of piperidine rings is 1. The van der Waals surface area contributed by atoms with Crippen LogP contribution in [0.2, 0.25) is 0 Å². The van der Waals surface area contributed by atoms with Crippen LogP contribution in [-0.2, 0) is 26.8 Å². The Morgan fingerprint density at radius 1 is 1.16 bits per heavy atom. The SMILES string of the molecule is CS(=O)c1ccc(-c2ccc(C[C@@H](C#N)CC(=O)[C@@H]3[C@H]4CC[C@H](C4)N3C(=O)OC(C)(C)C)c(F)c2)cc1. The van der Waals surface area contributed by atoms with Crippen LogP contribution in [0.1, 0.15) is 52.0 Å². The molecule has 6 nitrogen and oxygen atoms in total. The van der Waals surface area contributed by atoms with Gasteiger partial charge in [0.2, 0.25) is 0 Å². The number of rotatable bonds is 7. The van der Waals surface area contributed by atoms with Gasteiger partial charge < -0.3 is 4.74 Å². The van der Waals surface area contributed by atoms with Crippen molar-refractivity contribution in [2.24, 2.45) is 11.8 Å². The van der Waals surface area contributed by atoms with Crippen LogP contribution in [0.4, 0.5) is 9.18 Å². The van der Waals surface area contributed by atoms with Crippen LogP contribution in [0.5, 0.6) is 0 Å². The van der Waals surface area contributed by atoms with Crippen molar-refractivity contribution in [3.05, 3.63) is 53.8 Å². The highest BCUT2D eigenvalue weighted by molar-refractivity contribution is 7.84. The molecule has 1 heterocycles. The molecule has 8 heteroatoms. The van der Waals surface area contributed by atoms with Gasteiger partial charge in [0.05, 0.1) is 18.0 Å². The third-order valence-corrected chi connectivity index (χ3v) is 8.12. The molecule has 0 N–H and O–H groups in total. The minimum atomic E-state index is -1.09. The summed E-state index contributed by atoms with van der Waals surface area (Å²) in [5, 5.41) is 9.78. The number of halogens is 1. The number of nitrogens with zero attached hydrogens (tertiary/aromatic N) is 2. The van der Waals surface area contributed by atoms with Gasteiger partial charge >= 0.3 is 6.09 Å². The van der Waals surface area contributed by atoms with E-state index in [1.807, 2.05) is 0 Å². The van der Waals surface area contributed by atoms with Gasteiger partial charge in [0.15, 0.2) is 5.78 Å². The van der Waals surface area contributed by atoms with E-state index in [9.17, 15) is 19.1 Å². The summed E-state index contributed by atoms with van der Waals surface area (Å²) in [6.07, 6.45) is 3.70. The Hall–Kier alpha value is -3.05. The fourth-order valence-electron chi connectivity index (χ4n) is 5.50. The minimum absolute atomic E-state index is 0.00860. The summed E-state index contributed by atoms with van der Waals surface area (Å²) >= 11 is 0. The van der Waals surface area contributed by atoms with Crippen molar-refractivity contribution in [3.8, 4) is 17.2 Å². The van der Waals surface area contributed by atoms with Gasteiger partial charge in [-0.2, -0.15) is 5.26 Å². The van der Waals surface area contributed by atoms with E-state index in [1.165, 1.54) is 6.07 Å². The molecule has 0 aromatic heterocycles. The van der Waals surface area contributed by atoms with Gasteiger partial charge in [-0.3, -0.25) is 13.9 Å². The molecule has 1 saturated heterocycles. The second-order valence-corrected chi connectivity index (χ2v) is 12.4. The number of hydrogen-bond donors (Lipinski definition) is 0. The van der Waals surface area contributed by atoms with Crippen LogP contribution in [0.15, 0.2) is 47.4 Å². The first-order valence-corrected chi connectivity index (χ1v) is 14.2. The number of nitriles is 1. The lowest BCUT2D eigenvalue weighted by atomic mass is 9.87. The van der Waals surface area contributed by atoms with Crippen molar-refractivity contribution < 1.29 is 22.9 Å². The maximum Gasteiger partial charge on any atom is 0.411 e. The molecule has 5 atom stereocenters. The number of hydrogen-bond acceptors (Lipinski definition) is 5. The Balaban J connectivity index is 1.45. The summed E-state index contributed by atoms with van der Waals surface area (Å²) in [5.74, 6) is -1.22. The molecule has 1 amide bonds. The molecule has 2 bridgehead atoms. The molecule has 1 aliphatic heterocycles. The summed E-state index contributed by atoms with van der Waals surface area (Å²) in [6.45, 7) is 5.39. The maximum absolute atomic E-state index is 15.0. The van der Waals surface area contributed by atoms with Crippen LogP contribution >= 0.6 is 0 Å². The highest BCUT2D eigenvalue weighted by Gasteiger charge is 2.52. The van der Waals surface area contributed by atoms with Crippen molar-refractivity contribution in [1.29, 1.82) is 5.26 Å². The normalized spacial score (nSPS) is 22.4. The molecule has 1 saturated carbocycles. The molecule has 2 aliphatic rings. The number of fused-ring (bicyclic) bond motifs is 2. The van der Waals surface area contributed by atoms with E-state index in [2.05, 4.69) is 6.07 Å². The number of likely N-dealkylation sites (tertiary alicyclic amines) is 1. The average Bonchev–Trinajstić information content (AvgIpc) is 3.45. The quantitative estimate of drug-likeness (QED) is 0.466. The molecule has 196 valence electrons. The Morgan fingerprint density at radius 2 is 1.84 bits per heavy atom. The van der Waals surface area contributed by atoms with Gasteiger partial charge in [-0.05, 0) is 87.3 Å². The molecule has 1 aliphatic carbocycles. The Morgan fingerprint density at radius 3 is 2.43 bits per heavy atom. The van der Waals surface area contributed by atoms with Gasteiger partial charge in [-0.15, -0.1) is 0 Å². The maximum atomic E-state index is 15.0. The topological polar surface area (TPSA) is 87.5 Å². The molecule has 0 spiro atoms. The first-order valence-electron chi connectivity index (χ1n) is 12.6. The van der Waals surface area contributed by atoms with E-state index in [1.54, 1.807) is 68.3 Å². The second-order valence-electron chi connectivity index (χ2n) is 11.0. The lowest BCUT2D eigenvalue weighted by Gasteiger charge is -2.35. The summed E-state index contributed by atoms with van der Waals surface area (Å²) in [6, 6.07) is 13.5. The molecule has 2 fully saturated rings. The first-order chi connectivity index (χ1) is 17.5. The summed E-state index contributed by atoms with van der Waals surface area (Å²) in [4.78, 5) is 28.5. The molecular weight excluding hydrogens is 491 g/mol. The molecular formula is C29H33FN2O4S. The molecule has 1 unspecified atom stereocenters. The zero-order valence-electron chi connectivity index (χ0n) is 21.7. The Bertz CT molecular complexity index is 1250. The van der Waals surface area contributed by atoms with Crippen LogP contribution in [-0.4, -0.2) is 44.9 Å². The third-order valence-electron chi connectivity index (χ3n) is 7.19. The van der Waals surface area contributed by atoms with Crippen LogP contribution in [0, 0.1) is 29.0 Å². The summed E-state index contributed by atoms with van der Waals surface area (Å²) in [7, 11) is -1.09. The number of ketones is 1. The van der Waals surface area contributed by atoms with E-state index >= 15 is 4.39 Å². The fourth-order valence-corrected chi connectivity index (χ4v) is 6.02. The highest BCUT2D eigenvalue weighted by atomic mass is 32.2. The molecule has 4 rings (SSSR count). The lowest BCUT2D eigenvalue weighted by Crippen LogP contribution is -2.51. The van der Waals surface area contributed by atoms with Crippen molar-refractivity contribution in [2.75, 3.05) is 6.26 Å². The van der Waals surface area contributed by atoms with Gasteiger partial charge in [0.25, 0.3) is 0 Å². The van der Waals surface area contributed by atoms with Crippen molar-refractivity contribution >= 4 is 22.7 Å². The van der Waals surface area contributed by atoms with E-state index in [0.717, 1.165) is 24.8 Å². The number of benzene rings is 2. The van der Waals surface area contributed by atoms with Gasteiger partial charge in [-0.25, -0.2) is 9.18 Å². The number of amides is 1. The first kappa shape index (κ1) is 27.0. The van der Waals surface area contributed by atoms with E-state index in [-0.39, 0.29) is 30.6 Å². The zero-order chi connectivity index (χ0) is 26.9. The van der Waals surface area contributed by atoms with Gasteiger partial charge in [-0.1, -0.05) is 24.3 Å². The van der Waals surface area contributed by atoms with E-state index in [4.69, 9.17) is 4.74 Å². The van der Waals surface area contributed by atoms with Crippen LogP contribution < -0.4 is 0 Å². The Kier molecular flexibility index (Phi) is 7.84. The third kappa shape index (κ3) is 6.10. The fraction of sp³-hybridized carbons (Fsp3) is 0.483. The number of carbonyl (C=O) groups excluding carboxylic acids is 2. The minimum Gasteiger partial charge on any atom is -0.444 e. The van der Waals surface area contributed by atoms with Crippen LogP contribution in [0.3, 0.4) is 0 Å². The smallest absolute Gasteiger partial charge is 0.411 e. The molecule has 0 radical (unpaired) electrons. The Labute approximate surface area is 220 Å². The predicted octanol–water partition coefficient (Wildman–Crippen LogP) is 5.66. The van der Waals surface area contributed by atoms with Gasteiger partial charge in [0.1, 0.15) is 11.4 Å². The lowest BCUT2D eigenvalue weighted by molar-refractivity contribution is -0.126. The van der Waals surface area contributed by atoms with Crippen LogP contribution in [0.25, 0.3) is 11.1 Å². The standard InChI is InChI=1S/C29H33FN2O4S/c1-29(2,3)36-28(34)32-23-10-7-22(15-23)27(32)26(33)14-18(17-31)13-21-6-5-20(16-25(21)30)19-8-11-24(12-9-19)37(4)35/h5-6,8-9,11-12,16,18,22-23,27H,7,10,13-15H2,1-4H3/t18-,22+,23-,27+,37?/m1/s1. The second kappa shape index (κ2) is 10.7. The summed E-state index contributed by atoms with van der Waals surface area (Å²) in [5.41, 5.74) is 1.17. The molecule has 37 heavy (non-hydrogen) atoms. The van der Waals surface area contributed by atoms with Crippen molar-refractivity contribution in [2.45, 2.75) is 75.5 Å². The molecule has 2 aromatic rings. The average molecular weight is 525 g/mol. The number of carbonyl (C=O) groups is 2. The number of Topliss-reactive ketones (excluding diaryl/α,β-unsaturated/α-hetero) is 1. The largest absolute Gasteiger partial charge is 0.444 e. The van der Waals surface area contributed by atoms with E-state index < -0.39 is 40.3 Å². The predicted molar refractivity (Wildman–Crippen MR) is 140 cm³/mol. The number of ether oxygens (including phenoxy) is 1. The molecule has 2 aromatic carbocycles. The van der Waals surface area contributed by atoms with Gasteiger partial charge in [0, 0.05) is 34.4 Å². The zero-order valence-corrected chi connectivity index (χ0v) is 22.5. The van der Waals surface area contributed by atoms with Crippen molar-refractivity contribution in [1.82, 2.24) is 4.90 Å². The van der Waals surface area contributed by atoms with E-state index in [0.29, 0.717) is 16.0 Å². The highest BCUT2D eigenvalue weighted by Crippen LogP contribution is 2.44.